The number of anilines is 1. The Balaban J connectivity index is 1.73. The van der Waals surface area contributed by atoms with Crippen LogP contribution in [0.1, 0.15) is 19.3 Å². The fraction of sp³-hybridized carbons (Fsp3) is 0.583. The van der Waals surface area contributed by atoms with Crippen LogP contribution in [-0.4, -0.2) is 43.5 Å². The van der Waals surface area contributed by atoms with Gasteiger partial charge in [-0.05, 0) is 41.3 Å². The van der Waals surface area contributed by atoms with Crippen molar-refractivity contribution in [3.63, 3.8) is 0 Å². The van der Waals surface area contributed by atoms with Crippen LogP contribution in [0, 0.1) is 0 Å². The molecule has 2 aliphatic rings. The predicted octanol–water partition coefficient (Wildman–Crippen LogP) is 0.941. The Morgan fingerprint density at radius 2 is 2.15 bits per heavy atom. The van der Waals surface area contributed by atoms with Crippen molar-refractivity contribution in [1.82, 2.24) is 14.6 Å². The van der Waals surface area contributed by atoms with Crippen LogP contribution in [0.5, 0.6) is 0 Å². The second-order valence-electron chi connectivity index (χ2n) is 5.37. The predicted molar refractivity (Wildman–Crippen MR) is 79.7 cm³/mol. The maximum atomic E-state index is 12.4. The van der Waals surface area contributed by atoms with Crippen LogP contribution in [-0.2, 0) is 10.0 Å². The molecule has 0 aromatic carbocycles. The lowest BCUT2D eigenvalue weighted by molar-refractivity contribution is 0.322. The first kappa shape index (κ1) is 14.2. The molecule has 2 fully saturated rings. The normalized spacial score (nSPS) is 24.1. The van der Waals surface area contributed by atoms with E-state index < -0.39 is 10.0 Å². The molecule has 2 heterocycles. The van der Waals surface area contributed by atoms with E-state index in [1.165, 1.54) is 25.1 Å². The number of nitrogens with two attached hydrogens (primary N) is 1. The van der Waals surface area contributed by atoms with Crippen LogP contribution in [0.25, 0.3) is 0 Å². The molecule has 1 unspecified atom stereocenters. The molecule has 1 aliphatic heterocycles. The number of hydrogen-bond acceptors (Lipinski definition) is 5. The van der Waals surface area contributed by atoms with E-state index in [1.807, 2.05) is 0 Å². The quantitative estimate of drug-likeness (QED) is 0.834. The van der Waals surface area contributed by atoms with E-state index in [0.29, 0.717) is 10.5 Å². The van der Waals surface area contributed by atoms with Crippen LogP contribution in [0.2, 0.25) is 0 Å². The molecule has 0 spiro atoms. The highest BCUT2D eigenvalue weighted by Crippen LogP contribution is 2.30. The number of sulfonamides is 1. The SMILES string of the molecule is Nc1ncc(Br)cc1S(=O)(=O)NC1CCN(C2CC2)C1. The van der Waals surface area contributed by atoms with Crippen LogP contribution in [0.15, 0.2) is 21.6 Å². The first-order chi connectivity index (χ1) is 9.45. The Morgan fingerprint density at radius 3 is 2.85 bits per heavy atom. The molecule has 1 atom stereocenters. The van der Waals surface area contributed by atoms with Gasteiger partial charge in [-0.1, -0.05) is 0 Å². The molecule has 1 saturated carbocycles. The maximum absolute atomic E-state index is 12.4. The topological polar surface area (TPSA) is 88.3 Å². The highest BCUT2D eigenvalue weighted by atomic mass is 79.9. The van der Waals surface area contributed by atoms with Crippen molar-refractivity contribution < 1.29 is 8.42 Å². The van der Waals surface area contributed by atoms with Gasteiger partial charge in [0.15, 0.2) is 0 Å². The monoisotopic (exact) mass is 360 g/mol. The average Bonchev–Trinajstić information content (AvgIpc) is 3.13. The summed E-state index contributed by atoms with van der Waals surface area (Å²) < 4.78 is 28.1. The Labute approximate surface area is 126 Å². The van der Waals surface area contributed by atoms with Gasteiger partial charge in [-0.2, -0.15) is 0 Å². The van der Waals surface area contributed by atoms with Gasteiger partial charge in [0.2, 0.25) is 10.0 Å². The minimum Gasteiger partial charge on any atom is -0.383 e. The lowest BCUT2D eigenvalue weighted by Gasteiger charge is -2.16. The molecule has 1 saturated heterocycles. The van der Waals surface area contributed by atoms with Crippen LogP contribution in [0.3, 0.4) is 0 Å². The number of hydrogen-bond donors (Lipinski definition) is 2. The molecule has 1 aromatic heterocycles. The van der Waals surface area contributed by atoms with Gasteiger partial charge in [0.05, 0.1) is 0 Å². The zero-order valence-electron chi connectivity index (χ0n) is 10.9. The molecular formula is C12H17BrN4O2S. The molecule has 20 heavy (non-hydrogen) atoms. The Hall–Kier alpha value is -0.700. The van der Waals surface area contributed by atoms with Gasteiger partial charge in [-0.3, -0.25) is 4.90 Å². The van der Waals surface area contributed by atoms with Crippen molar-refractivity contribution in [1.29, 1.82) is 0 Å². The number of halogens is 1. The molecule has 0 radical (unpaired) electrons. The molecule has 3 N–H and O–H groups in total. The highest BCUT2D eigenvalue weighted by molar-refractivity contribution is 9.10. The van der Waals surface area contributed by atoms with E-state index in [-0.39, 0.29) is 16.8 Å². The van der Waals surface area contributed by atoms with E-state index in [2.05, 4.69) is 30.5 Å². The third-order valence-corrected chi connectivity index (χ3v) is 5.73. The number of pyridine rings is 1. The fourth-order valence-corrected chi connectivity index (χ4v) is 4.44. The Bertz CT molecular complexity index is 618. The van der Waals surface area contributed by atoms with Gasteiger partial charge in [0.1, 0.15) is 10.7 Å². The molecule has 1 aliphatic carbocycles. The lowest BCUT2D eigenvalue weighted by atomic mass is 10.3. The van der Waals surface area contributed by atoms with Gasteiger partial charge >= 0.3 is 0 Å². The summed E-state index contributed by atoms with van der Waals surface area (Å²) in [6.07, 6.45) is 4.81. The van der Waals surface area contributed by atoms with Gasteiger partial charge in [0.25, 0.3) is 0 Å². The third kappa shape index (κ3) is 2.98. The second-order valence-corrected chi connectivity index (χ2v) is 7.97. The summed E-state index contributed by atoms with van der Waals surface area (Å²) in [6, 6.07) is 2.11. The molecule has 0 amide bonds. The molecular weight excluding hydrogens is 344 g/mol. The van der Waals surface area contributed by atoms with E-state index in [1.54, 1.807) is 0 Å². The summed E-state index contributed by atoms with van der Waals surface area (Å²) in [7, 11) is -3.62. The summed E-state index contributed by atoms with van der Waals surface area (Å²) in [6.45, 7) is 1.75. The number of nitrogen functional groups attached to an aromatic ring is 1. The highest BCUT2D eigenvalue weighted by Gasteiger charge is 2.36. The van der Waals surface area contributed by atoms with Crippen molar-refractivity contribution in [3.8, 4) is 0 Å². The lowest BCUT2D eigenvalue weighted by Crippen LogP contribution is -2.37. The molecule has 6 nitrogen and oxygen atoms in total. The minimum atomic E-state index is -3.62. The number of likely N-dealkylation sites (tertiary alicyclic amines) is 1. The van der Waals surface area contributed by atoms with Crippen LogP contribution in [0.4, 0.5) is 5.82 Å². The number of nitrogens with one attached hydrogen (secondary N) is 1. The van der Waals surface area contributed by atoms with Crippen molar-refractivity contribution in [2.45, 2.75) is 36.2 Å². The zero-order chi connectivity index (χ0) is 14.3. The summed E-state index contributed by atoms with van der Waals surface area (Å²) in [5, 5.41) is 0. The van der Waals surface area contributed by atoms with Crippen LogP contribution < -0.4 is 10.5 Å². The van der Waals surface area contributed by atoms with Crippen molar-refractivity contribution >= 4 is 31.8 Å². The van der Waals surface area contributed by atoms with Gasteiger partial charge in [-0.15, -0.1) is 0 Å². The smallest absolute Gasteiger partial charge is 0.244 e. The molecule has 110 valence electrons. The standard InChI is InChI=1S/C12H17BrN4O2S/c13-8-5-11(12(14)15-6-8)20(18,19)16-9-3-4-17(7-9)10-1-2-10/h5-6,9-10,16H,1-4,7H2,(H2,14,15). The Kier molecular flexibility index (Phi) is 3.74. The van der Waals surface area contributed by atoms with E-state index in [4.69, 9.17) is 5.73 Å². The van der Waals surface area contributed by atoms with Crippen molar-refractivity contribution in [2.75, 3.05) is 18.8 Å². The van der Waals surface area contributed by atoms with Gasteiger partial charge < -0.3 is 5.73 Å². The van der Waals surface area contributed by atoms with Crippen molar-refractivity contribution in [3.05, 3.63) is 16.7 Å². The fourth-order valence-electron chi connectivity index (χ4n) is 2.58. The molecule has 8 heteroatoms. The Morgan fingerprint density at radius 1 is 1.40 bits per heavy atom. The summed E-state index contributed by atoms with van der Waals surface area (Å²) in [5.41, 5.74) is 5.67. The first-order valence-electron chi connectivity index (χ1n) is 6.63. The maximum Gasteiger partial charge on any atom is 0.244 e. The van der Waals surface area contributed by atoms with E-state index in [0.717, 1.165) is 19.5 Å². The number of nitrogens with zero attached hydrogens (tertiary/aromatic N) is 2. The van der Waals surface area contributed by atoms with E-state index in [9.17, 15) is 8.42 Å². The van der Waals surface area contributed by atoms with Crippen LogP contribution >= 0.6 is 15.9 Å². The summed E-state index contributed by atoms with van der Waals surface area (Å²) in [5.74, 6) is 0.0257. The molecule has 0 bridgehead atoms. The largest absolute Gasteiger partial charge is 0.383 e. The van der Waals surface area contributed by atoms with Gasteiger partial charge in [-0.25, -0.2) is 18.1 Å². The van der Waals surface area contributed by atoms with E-state index >= 15 is 0 Å². The second kappa shape index (κ2) is 5.25. The molecule has 3 rings (SSSR count). The molecule has 1 aromatic rings. The summed E-state index contributed by atoms with van der Waals surface area (Å²) in [4.78, 5) is 6.27. The summed E-state index contributed by atoms with van der Waals surface area (Å²) >= 11 is 3.22. The van der Waals surface area contributed by atoms with Gasteiger partial charge in [0, 0.05) is 35.8 Å². The number of rotatable bonds is 4. The first-order valence-corrected chi connectivity index (χ1v) is 8.91. The van der Waals surface area contributed by atoms with Crippen molar-refractivity contribution in [2.24, 2.45) is 0 Å². The minimum absolute atomic E-state index is 0.0257. The number of aromatic nitrogens is 1. The average molecular weight is 361 g/mol. The third-order valence-electron chi connectivity index (χ3n) is 3.74. The zero-order valence-corrected chi connectivity index (χ0v) is 13.3.